The Morgan fingerprint density at radius 2 is 1.86 bits per heavy atom. The predicted octanol–water partition coefficient (Wildman–Crippen LogP) is 3.44. The molecule has 116 valence electrons. The molecule has 0 radical (unpaired) electrons. The third kappa shape index (κ3) is 4.21. The average Bonchev–Trinajstić information content (AvgIpc) is 2.51. The minimum absolute atomic E-state index is 0.165. The van der Waals surface area contributed by atoms with Crippen molar-refractivity contribution in [3.8, 4) is 5.75 Å². The van der Waals surface area contributed by atoms with Crippen molar-refractivity contribution in [3.63, 3.8) is 0 Å². The third-order valence-corrected chi connectivity index (χ3v) is 3.90. The highest BCUT2D eigenvalue weighted by molar-refractivity contribution is 6.32. The van der Waals surface area contributed by atoms with Crippen LogP contribution in [-0.4, -0.2) is 17.0 Å². The molecule has 1 aromatic heterocycles. The van der Waals surface area contributed by atoms with Gasteiger partial charge in [0, 0.05) is 24.0 Å². The fourth-order valence-electron chi connectivity index (χ4n) is 2.07. The predicted molar refractivity (Wildman–Crippen MR) is 87.1 cm³/mol. The van der Waals surface area contributed by atoms with Gasteiger partial charge in [0.1, 0.15) is 5.75 Å². The molecule has 1 amide bonds. The van der Waals surface area contributed by atoms with Crippen molar-refractivity contribution < 1.29 is 9.53 Å². The van der Waals surface area contributed by atoms with Crippen LogP contribution in [0, 0.1) is 13.8 Å². The summed E-state index contributed by atoms with van der Waals surface area (Å²) in [4.78, 5) is 16.0. The van der Waals surface area contributed by atoms with E-state index >= 15 is 0 Å². The lowest BCUT2D eigenvalue weighted by molar-refractivity contribution is -0.127. The molecule has 0 saturated heterocycles. The quantitative estimate of drug-likeness (QED) is 0.918. The molecule has 1 N–H and O–H groups in total. The highest BCUT2D eigenvalue weighted by atomic mass is 35.5. The summed E-state index contributed by atoms with van der Waals surface area (Å²) >= 11 is 6.13. The van der Waals surface area contributed by atoms with Crippen molar-refractivity contribution in [1.82, 2.24) is 10.3 Å². The van der Waals surface area contributed by atoms with Gasteiger partial charge < -0.3 is 10.1 Å². The van der Waals surface area contributed by atoms with Gasteiger partial charge in [-0.25, -0.2) is 0 Å². The summed E-state index contributed by atoms with van der Waals surface area (Å²) < 4.78 is 5.70. The van der Waals surface area contributed by atoms with E-state index in [1.807, 2.05) is 38.1 Å². The molecule has 0 unspecified atom stereocenters. The molecule has 0 bridgehead atoms. The fraction of sp³-hybridized carbons (Fsp3) is 0.294. The van der Waals surface area contributed by atoms with Gasteiger partial charge >= 0.3 is 0 Å². The monoisotopic (exact) mass is 318 g/mol. The highest BCUT2D eigenvalue weighted by Gasteiger charge is 2.15. The van der Waals surface area contributed by atoms with Gasteiger partial charge in [-0.2, -0.15) is 0 Å². The molecular formula is C17H19ClN2O2. The first-order valence-electron chi connectivity index (χ1n) is 7.07. The molecule has 4 nitrogen and oxygen atoms in total. The van der Waals surface area contributed by atoms with E-state index < -0.39 is 6.10 Å². The average molecular weight is 319 g/mol. The Labute approximate surface area is 135 Å². The second kappa shape index (κ2) is 7.27. The van der Waals surface area contributed by atoms with Crippen LogP contribution in [0.5, 0.6) is 5.75 Å². The first-order chi connectivity index (χ1) is 10.5. The fourth-order valence-corrected chi connectivity index (χ4v) is 2.17. The molecule has 0 aliphatic heterocycles. The zero-order valence-corrected chi connectivity index (χ0v) is 13.6. The summed E-state index contributed by atoms with van der Waals surface area (Å²) in [7, 11) is 0. The van der Waals surface area contributed by atoms with E-state index in [1.165, 1.54) is 0 Å². The molecular weight excluding hydrogens is 300 g/mol. The highest BCUT2D eigenvalue weighted by Crippen LogP contribution is 2.26. The minimum atomic E-state index is -0.582. The van der Waals surface area contributed by atoms with Gasteiger partial charge in [0.2, 0.25) is 0 Å². The molecule has 5 heteroatoms. The van der Waals surface area contributed by atoms with Gasteiger partial charge in [-0.1, -0.05) is 11.6 Å². The number of amides is 1. The molecule has 0 saturated carbocycles. The Bertz CT molecular complexity index is 636. The molecule has 22 heavy (non-hydrogen) atoms. The van der Waals surface area contributed by atoms with Gasteiger partial charge in [-0.05, 0) is 61.7 Å². The van der Waals surface area contributed by atoms with E-state index in [2.05, 4.69) is 10.3 Å². The summed E-state index contributed by atoms with van der Waals surface area (Å²) in [5.74, 6) is 0.480. The van der Waals surface area contributed by atoms with E-state index in [4.69, 9.17) is 16.3 Å². The molecule has 2 rings (SSSR count). The SMILES string of the molecule is Cc1cc(O[C@@H](C)C(=O)NCc2ccncc2)cc(C)c1Cl. The van der Waals surface area contributed by atoms with Crippen LogP contribution in [0.4, 0.5) is 0 Å². The van der Waals surface area contributed by atoms with E-state index in [9.17, 15) is 4.79 Å². The molecule has 1 atom stereocenters. The van der Waals surface area contributed by atoms with Crippen LogP contribution in [0.25, 0.3) is 0 Å². The lowest BCUT2D eigenvalue weighted by Gasteiger charge is -2.16. The number of benzene rings is 1. The summed E-state index contributed by atoms with van der Waals surface area (Å²) in [5.41, 5.74) is 2.86. The number of hydrogen-bond donors (Lipinski definition) is 1. The van der Waals surface area contributed by atoms with Crippen molar-refractivity contribution in [2.24, 2.45) is 0 Å². The Kier molecular flexibility index (Phi) is 5.39. The molecule has 0 spiro atoms. The number of carbonyl (C=O) groups excluding carboxylic acids is 1. The van der Waals surface area contributed by atoms with Crippen molar-refractivity contribution >= 4 is 17.5 Å². The Morgan fingerprint density at radius 1 is 1.27 bits per heavy atom. The molecule has 0 aliphatic rings. The van der Waals surface area contributed by atoms with Crippen molar-refractivity contribution in [2.75, 3.05) is 0 Å². The van der Waals surface area contributed by atoms with E-state index in [-0.39, 0.29) is 5.91 Å². The van der Waals surface area contributed by atoms with E-state index in [0.29, 0.717) is 12.3 Å². The lowest BCUT2D eigenvalue weighted by atomic mass is 10.1. The number of rotatable bonds is 5. The van der Waals surface area contributed by atoms with Crippen LogP contribution in [0.2, 0.25) is 5.02 Å². The standard InChI is InChI=1S/C17H19ClN2O2/c1-11-8-15(9-12(2)16(11)18)22-13(3)17(21)20-10-14-4-6-19-7-5-14/h4-9,13H,10H2,1-3H3,(H,20,21)/t13-/m0/s1. The van der Waals surface area contributed by atoms with Crippen molar-refractivity contribution in [3.05, 3.63) is 58.4 Å². The first kappa shape index (κ1) is 16.3. The second-order valence-corrected chi connectivity index (χ2v) is 5.58. The maximum absolute atomic E-state index is 12.1. The maximum Gasteiger partial charge on any atom is 0.261 e. The van der Waals surface area contributed by atoms with Crippen LogP contribution in [0.3, 0.4) is 0 Å². The number of hydrogen-bond acceptors (Lipinski definition) is 3. The summed E-state index contributed by atoms with van der Waals surface area (Å²) in [6, 6.07) is 7.39. The summed E-state index contributed by atoms with van der Waals surface area (Å²) in [5, 5.41) is 3.57. The molecule has 0 fully saturated rings. The normalized spacial score (nSPS) is 11.8. The van der Waals surface area contributed by atoms with Crippen LogP contribution in [-0.2, 0) is 11.3 Å². The molecule has 2 aromatic rings. The van der Waals surface area contributed by atoms with Crippen LogP contribution in [0.15, 0.2) is 36.7 Å². The number of aromatic nitrogens is 1. The zero-order valence-electron chi connectivity index (χ0n) is 12.9. The Morgan fingerprint density at radius 3 is 2.45 bits per heavy atom. The second-order valence-electron chi connectivity index (χ2n) is 5.20. The summed E-state index contributed by atoms with van der Waals surface area (Å²) in [6.45, 7) is 6.00. The largest absolute Gasteiger partial charge is 0.481 e. The molecule has 0 aliphatic carbocycles. The van der Waals surface area contributed by atoms with Gasteiger partial charge in [-0.15, -0.1) is 0 Å². The minimum Gasteiger partial charge on any atom is -0.481 e. The Hall–Kier alpha value is -2.07. The lowest BCUT2D eigenvalue weighted by Crippen LogP contribution is -2.35. The zero-order chi connectivity index (χ0) is 16.1. The Balaban J connectivity index is 1.94. The third-order valence-electron chi connectivity index (χ3n) is 3.31. The maximum atomic E-state index is 12.1. The van der Waals surface area contributed by atoms with Crippen LogP contribution in [0.1, 0.15) is 23.6 Å². The van der Waals surface area contributed by atoms with Crippen LogP contribution >= 0.6 is 11.6 Å². The first-order valence-corrected chi connectivity index (χ1v) is 7.45. The molecule has 1 heterocycles. The number of nitrogens with zero attached hydrogens (tertiary/aromatic N) is 1. The van der Waals surface area contributed by atoms with E-state index in [1.54, 1.807) is 19.3 Å². The number of carbonyl (C=O) groups is 1. The van der Waals surface area contributed by atoms with Crippen molar-refractivity contribution in [2.45, 2.75) is 33.4 Å². The van der Waals surface area contributed by atoms with Gasteiger partial charge in [-0.3, -0.25) is 9.78 Å². The van der Waals surface area contributed by atoms with E-state index in [0.717, 1.165) is 21.7 Å². The van der Waals surface area contributed by atoms with Crippen LogP contribution < -0.4 is 10.1 Å². The van der Waals surface area contributed by atoms with Crippen molar-refractivity contribution in [1.29, 1.82) is 0 Å². The topological polar surface area (TPSA) is 51.2 Å². The van der Waals surface area contributed by atoms with Gasteiger partial charge in [0.25, 0.3) is 5.91 Å². The number of nitrogens with one attached hydrogen (secondary N) is 1. The smallest absolute Gasteiger partial charge is 0.261 e. The summed E-state index contributed by atoms with van der Waals surface area (Å²) in [6.07, 6.45) is 2.81. The van der Waals surface area contributed by atoms with Gasteiger partial charge in [0.05, 0.1) is 0 Å². The van der Waals surface area contributed by atoms with Gasteiger partial charge in [0.15, 0.2) is 6.10 Å². The number of pyridine rings is 1. The number of ether oxygens (including phenoxy) is 1. The molecule has 1 aromatic carbocycles. The number of aryl methyl sites for hydroxylation is 2. The number of halogens is 1.